The van der Waals surface area contributed by atoms with E-state index in [1.165, 1.54) is 24.3 Å². The van der Waals surface area contributed by atoms with E-state index in [-0.39, 0.29) is 28.4 Å². The standard InChI is InChI=1S/C25H25ClN2O5S/c1-4-33-25(30)21-7-5-6-8-23(21)27-24(29)16-28(19-12-11-18(3)22(26)15-19)34(31,32)20-13-9-17(2)10-14-20/h5-15H,4,16H2,1-3H3,(H,27,29). The Balaban J connectivity index is 1.97. The normalized spacial score (nSPS) is 11.1. The zero-order chi connectivity index (χ0) is 24.9. The summed E-state index contributed by atoms with van der Waals surface area (Å²) in [7, 11) is -4.10. The number of hydrogen-bond acceptors (Lipinski definition) is 5. The molecule has 0 heterocycles. The lowest BCUT2D eigenvalue weighted by Crippen LogP contribution is -2.38. The lowest BCUT2D eigenvalue weighted by atomic mass is 10.2. The molecule has 0 unspecified atom stereocenters. The van der Waals surface area contributed by atoms with Gasteiger partial charge in [-0.3, -0.25) is 9.10 Å². The second kappa shape index (κ2) is 10.7. The number of esters is 1. The molecular weight excluding hydrogens is 476 g/mol. The van der Waals surface area contributed by atoms with Crippen LogP contribution >= 0.6 is 11.6 Å². The van der Waals surface area contributed by atoms with E-state index < -0.39 is 28.4 Å². The topological polar surface area (TPSA) is 92.8 Å². The van der Waals surface area contributed by atoms with Gasteiger partial charge < -0.3 is 10.1 Å². The van der Waals surface area contributed by atoms with Crippen LogP contribution in [0.15, 0.2) is 71.6 Å². The van der Waals surface area contributed by atoms with E-state index in [0.29, 0.717) is 5.02 Å². The van der Waals surface area contributed by atoms with Crippen molar-refractivity contribution in [2.75, 3.05) is 22.8 Å². The zero-order valence-corrected chi connectivity index (χ0v) is 20.6. The largest absolute Gasteiger partial charge is 0.462 e. The van der Waals surface area contributed by atoms with E-state index in [0.717, 1.165) is 15.4 Å². The summed E-state index contributed by atoms with van der Waals surface area (Å²) < 4.78 is 33.1. The van der Waals surface area contributed by atoms with Crippen molar-refractivity contribution in [3.63, 3.8) is 0 Å². The molecule has 7 nitrogen and oxygen atoms in total. The Kier molecular flexibility index (Phi) is 7.96. The first kappa shape index (κ1) is 25.3. The molecule has 0 saturated carbocycles. The Hall–Kier alpha value is -3.36. The number of carbonyl (C=O) groups excluding carboxylic acids is 2. The molecule has 0 aromatic heterocycles. The number of carbonyl (C=O) groups is 2. The van der Waals surface area contributed by atoms with E-state index in [9.17, 15) is 18.0 Å². The summed E-state index contributed by atoms with van der Waals surface area (Å²) in [6.45, 7) is 4.97. The number of para-hydroxylation sites is 1. The van der Waals surface area contributed by atoms with Crippen LogP contribution in [-0.4, -0.2) is 33.4 Å². The van der Waals surface area contributed by atoms with Gasteiger partial charge in [0.25, 0.3) is 10.0 Å². The molecule has 178 valence electrons. The van der Waals surface area contributed by atoms with Gasteiger partial charge in [0, 0.05) is 5.02 Å². The first-order valence-corrected chi connectivity index (χ1v) is 12.4. The molecule has 3 aromatic carbocycles. The number of aryl methyl sites for hydroxylation is 2. The first-order valence-electron chi connectivity index (χ1n) is 10.5. The van der Waals surface area contributed by atoms with Gasteiger partial charge in [0.2, 0.25) is 5.91 Å². The first-order chi connectivity index (χ1) is 16.1. The predicted octanol–water partition coefficient (Wildman–Crippen LogP) is 4.97. The van der Waals surface area contributed by atoms with Gasteiger partial charge in [-0.1, -0.05) is 47.5 Å². The number of hydrogen-bond donors (Lipinski definition) is 1. The fraction of sp³-hybridized carbons (Fsp3) is 0.200. The maximum Gasteiger partial charge on any atom is 0.340 e. The van der Waals surface area contributed by atoms with Crippen molar-refractivity contribution in [1.82, 2.24) is 0 Å². The van der Waals surface area contributed by atoms with Gasteiger partial charge in [-0.25, -0.2) is 13.2 Å². The number of sulfonamides is 1. The maximum absolute atomic E-state index is 13.5. The molecular formula is C25H25ClN2O5S. The molecule has 9 heteroatoms. The number of halogens is 1. The summed E-state index contributed by atoms with van der Waals surface area (Å²) in [4.78, 5) is 25.3. The van der Waals surface area contributed by atoms with Crippen molar-refractivity contribution in [3.8, 4) is 0 Å². The molecule has 3 rings (SSSR count). The SMILES string of the molecule is CCOC(=O)c1ccccc1NC(=O)CN(c1ccc(C)c(Cl)c1)S(=O)(=O)c1ccc(C)cc1. The number of amides is 1. The molecule has 1 amide bonds. The van der Waals surface area contributed by atoms with Crippen LogP contribution in [0.25, 0.3) is 0 Å². The fourth-order valence-electron chi connectivity index (χ4n) is 3.19. The average molecular weight is 501 g/mol. The predicted molar refractivity (Wildman–Crippen MR) is 133 cm³/mol. The Morgan fingerprint density at radius 1 is 1.00 bits per heavy atom. The third-order valence-electron chi connectivity index (χ3n) is 5.04. The van der Waals surface area contributed by atoms with Crippen LogP contribution in [-0.2, 0) is 19.6 Å². The number of rotatable bonds is 8. The monoisotopic (exact) mass is 500 g/mol. The van der Waals surface area contributed by atoms with Crippen LogP contribution < -0.4 is 9.62 Å². The minimum atomic E-state index is -4.10. The molecule has 0 spiro atoms. The lowest BCUT2D eigenvalue weighted by Gasteiger charge is -2.25. The van der Waals surface area contributed by atoms with Crippen LogP contribution in [0, 0.1) is 13.8 Å². The molecule has 0 aliphatic carbocycles. The Bertz CT molecular complexity index is 1310. The summed E-state index contributed by atoms with van der Waals surface area (Å²) in [5.41, 5.74) is 2.30. The zero-order valence-electron chi connectivity index (χ0n) is 19.0. The van der Waals surface area contributed by atoms with Crippen LogP contribution in [0.1, 0.15) is 28.4 Å². The molecule has 0 aliphatic rings. The van der Waals surface area contributed by atoms with Crippen LogP contribution in [0.2, 0.25) is 5.02 Å². The van der Waals surface area contributed by atoms with Crippen molar-refractivity contribution in [3.05, 3.63) is 88.4 Å². The Morgan fingerprint density at radius 2 is 1.68 bits per heavy atom. The molecule has 0 bridgehead atoms. The van der Waals surface area contributed by atoms with Gasteiger partial charge in [-0.2, -0.15) is 0 Å². The molecule has 0 atom stereocenters. The number of nitrogens with zero attached hydrogens (tertiary/aromatic N) is 1. The summed E-state index contributed by atoms with van der Waals surface area (Å²) in [6, 6.07) is 17.5. The van der Waals surface area contributed by atoms with E-state index in [1.807, 2.05) is 6.92 Å². The van der Waals surface area contributed by atoms with Gasteiger partial charge in [-0.05, 0) is 62.7 Å². The van der Waals surface area contributed by atoms with Gasteiger partial charge in [0.05, 0.1) is 28.4 Å². The number of anilines is 2. The van der Waals surface area contributed by atoms with Crippen molar-refractivity contribution < 1.29 is 22.7 Å². The van der Waals surface area contributed by atoms with E-state index >= 15 is 0 Å². The minimum absolute atomic E-state index is 0.0366. The van der Waals surface area contributed by atoms with E-state index in [2.05, 4.69) is 5.32 Å². The number of nitrogens with one attached hydrogen (secondary N) is 1. The van der Waals surface area contributed by atoms with Gasteiger partial charge >= 0.3 is 5.97 Å². The van der Waals surface area contributed by atoms with Crippen LogP contribution in [0.4, 0.5) is 11.4 Å². The van der Waals surface area contributed by atoms with E-state index in [4.69, 9.17) is 16.3 Å². The summed E-state index contributed by atoms with van der Waals surface area (Å²) in [5.74, 6) is -1.23. The highest BCUT2D eigenvalue weighted by Gasteiger charge is 2.28. The van der Waals surface area contributed by atoms with Crippen LogP contribution in [0.3, 0.4) is 0 Å². The molecule has 0 fully saturated rings. The third kappa shape index (κ3) is 5.76. The Labute approximate surface area is 204 Å². The molecule has 0 saturated heterocycles. The van der Waals surface area contributed by atoms with E-state index in [1.54, 1.807) is 56.3 Å². The molecule has 3 aromatic rings. The summed E-state index contributed by atoms with van der Waals surface area (Å²) in [6.07, 6.45) is 0. The third-order valence-corrected chi connectivity index (χ3v) is 7.23. The molecule has 0 aliphatic heterocycles. The highest BCUT2D eigenvalue weighted by molar-refractivity contribution is 7.92. The highest BCUT2D eigenvalue weighted by atomic mass is 35.5. The van der Waals surface area contributed by atoms with Crippen molar-refractivity contribution in [2.45, 2.75) is 25.7 Å². The van der Waals surface area contributed by atoms with Gasteiger partial charge in [0.1, 0.15) is 6.54 Å². The highest BCUT2D eigenvalue weighted by Crippen LogP contribution is 2.28. The minimum Gasteiger partial charge on any atom is -0.462 e. The smallest absolute Gasteiger partial charge is 0.340 e. The maximum atomic E-state index is 13.5. The fourth-order valence-corrected chi connectivity index (χ4v) is 4.78. The number of ether oxygens (including phenoxy) is 1. The lowest BCUT2D eigenvalue weighted by molar-refractivity contribution is -0.114. The number of benzene rings is 3. The second-order valence-corrected chi connectivity index (χ2v) is 9.84. The molecule has 34 heavy (non-hydrogen) atoms. The van der Waals surface area contributed by atoms with Crippen molar-refractivity contribution in [2.24, 2.45) is 0 Å². The van der Waals surface area contributed by atoms with Gasteiger partial charge in [0.15, 0.2) is 0 Å². The second-order valence-electron chi connectivity index (χ2n) is 7.57. The van der Waals surface area contributed by atoms with Gasteiger partial charge in [-0.15, -0.1) is 0 Å². The summed E-state index contributed by atoms with van der Waals surface area (Å²) in [5, 5.41) is 3.00. The quantitative estimate of drug-likeness (QED) is 0.441. The van der Waals surface area contributed by atoms with Crippen LogP contribution in [0.5, 0.6) is 0 Å². The average Bonchev–Trinajstić information content (AvgIpc) is 2.80. The van der Waals surface area contributed by atoms with Crippen molar-refractivity contribution in [1.29, 1.82) is 0 Å². The molecule has 1 N–H and O–H groups in total. The van der Waals surface area contributed by atoms with Crippen molar-refractivity contribution >= 4 is 44.9 Å². The Morgan fingerprint density at radius 3 is 2.32 bits per heavy atom. The molecule has 0 radical (unpaired) electrons. The summed E-state index contributed by atoms with van der Waals surface area (Å²) >= 11 is 6.25.